The van der Waals surface area contributed by atoms with Crippen LogP contribution in [0, 0.1) is 0 Å². The van der Waals surface area contributed by atoms with Gasteiger partial charge in [0.25, 0.3) is 0 Å². The second-order valence-electron chi connectivity index (χ2n) is 3.33. The van der Waals surface area contributed by atoms with Crippen molar-refractivity contribution >= 4 is 16.8 Å². The zero-order valence-electron chi connectivity index (χ0n) is 8.07. The molecule has 7 atom stereocenters. The van der Waals surface area contributed by atoms with Gasteiger partial charge in [-0.3, -0.25) is 0 Å². The van der Waals surface area contributed by atoms with Gasteiger partial charge in [-0.25, -0.2) is 0 Å². The quantitative estimate of drug-likeness (QED) is 0.577. The molecule has 7 heteroatoms. The lowest BCUT2D eigenvalue weighted by molar-refractivity contribution is -0.266. The molecular formula is C7H16O5P2. The number of hydrogen-bond acceptors (Lipinski definition) is 5. The van der Waals surface area contributed by atoms with Gasteiger partial charge in [-0.05, 0) is 13.6 Å². The van der Waals surface area contributed by atoms with Gasteiger partial charge in [0, 0.05) is 7.84 Å². The predicted octanol–water partition coefficient (Wildman–Crippen LogP) is -0.353. The summed E-state index contributed by atoms with van der Waals surface area (Å²) in [5.41, 5.74) is 0. The molecular weight excluding hydrogens is 226 g/mol. The molecule has 0 bridgehead atoms. The topological polar surface area (TPSA) is 79.2 Å². The van der Waals surface area contributed by atoms with E-state index in [1.807, 2.05) is 6.66 Å². The summed E-state index contributed by atoms with van der Waals surface area (Å²) in [7, 11) is 1.70. The van der Waals surface area contributed by atoms with Crippen LogP contribution in [0.15, 0.2) is 0 Å². The molecule has 1 aliphatic heterocycles. The Morgan fingerprint density at radius 3 is 2.29 bits per heavy atom. The van der Waals surface area contributed by atoms with Crippen LogP contribution in [0.4, 0.5) is 0 Å². The molecule has 1 rings (SSSR count). The monoisotopic (exact) mass is 242 g/mol. The summed E-state index contributed by atoms with van der Waals surface area (Å²) in [5, 5.41) is 28.3. The van der Waals surface area contributed by atoms with Crippen LogP contribution in [0.2, 0.25) is 0 Å². The Morgan fingerprint density at radius 2 is 1.79 bits per heavy atom. The van der Waals surface area contributed by atoms with E-state index in [0.717, 1.165) is 0 Å². The van der Waals surface area contributed by atoms with Crippen LogP contribution < -0.4 is 0 Å². The molecule has 1 saturated heterocycles. The normalized spacial score (nSPS) is 46.3. The predicted molar refractivity (Wildman–Crippen MR) is 56.0 cm³/mol. The largest absolute Gasteiger partial charge is 0.388 e. The zero-order valence-corrected chi connectivity index (χ0v) is 10.1. The molecule has 1 aliphatic rings. The van der Waals surface area contributed by atoms with Crippen molar-refractivity contribution in [2.45, 2.75) is 37.6 Å². The SMILES string of the molecule is CC1OC(OP(C)P)C(O)C(O)C1O. The fraction of sp³-hybridized carbons (Fsp3) is 1.00. The maximum absolute atomic E-state index is 9.52. The molecule has 0 aromatic heterocycles. The highest BCUT2D eigenvalue weighted by Gasteiger charge is 2.42. The molecule has 0 aromatic carbocycles. The zero-order chi connectivity index (χ0) is 10.9. The first-order valence-corrected chi connectivity index (χ1v) is 7.61. The minimum Gasteiger partial charge on any atom is -0.388 e. The lowest BCUT2D eigenvalue weighted by Crippen LogP contribution is -2.56. The van der Waals surface area contributed by atoms with Gasteiger partial charge in [0.15, 0.2) is 6.29 Å². The second kappa shape index (κ2) is 5.13. The maximum Gasteiger partial charge on any atom is 0.190 e. The van der Waals surface area contributed by atoms with Gasteiger partial charge in [0.05, 0.1) is 6.10 Å². The average molecular weight is 242 g/mol. The highest BCUT2D eigenvalue weighted by molar-refractivity contribution is 8.10. The highest BCUT2D eigenvalue weighted by atomic mass is 32.0. The first-order chi connectivity index (χ1) is 6.43. The molecule has 5 nitrogen and oxygen atoms in total. The van der Waals surface area contributed by atoms with Crippen LogP contribution in [0.25, 0.3) is 0 Å². The fourth-order valence-electron chi connectivity index (χ4n) is 1.26. The van der Waals surface area contributed by atoms with Gasteiger partial charge in [-0.2, -0.15) is 0 Å². The third-order valence-corrected chi connectivity index (χ3v) is 2.98. The van der Waals surface area contributed by atoms with Crippen molar-refractivity contribution in [3.05, 3.63) is 0 Å². The summed E-state index contributed by atoms with van der Waals surface area (Å²) in [6, 6.07) is 0. The molecule has 7 unspecified atom stereocenters. The maximum atomic E-state index is 9.52. The second-order valence-corrected chi connectivity index (χ2v) is 6.82. The Balaban J connectivity index is 2.60. The Bertz CT molecular complexity index is 191. The average Bonchev–Trinajstić information content (AvgIpc) is 2.10. The van der Waals surface area contributed by atoms with Crippen LogP contribution in [0.3, 0.4) is 0 Å². The molecule has 0 aliphatic carbocycles. The van der Waals surface area contributed by atoms with E-state index in [2.05, 4.69) is 8.93 Å². The molecule has 3 N–H and O–H groups in total. The molecule has 0 radical (unpaired) electrons. The molecule has 1 fully saturated rings. The number of aliphatic hydroxyl groups excluding tert-OH is 3. The van der Waals surface area contributed by atoms with E-state index in [1.54, 1.807) is 6.92 Å². The van der Waals surface area contributed by atoms with Crippen molar-refractivity contribution in [2.75, 3.05) is 6.66 Å². The summed E-state index contributed by atoms with van der Waals surface area (Å²) in [6.07, 6.45) is -4.90. The van der Waals surface area contributed by atoms with Crippen molar-refractivity contribution < 1.29 is 24.6 Å². The minimum absolute atomic E-state index is 0.543. The van der Waals surface area contributed by atoms with E-state index >= 15 is 0 Å². The molecule has 0 aromatic rings. The summed E-state index contributed by atoms with van der Waals surface area (Å²) in [6.45, 7) is 3.45. The number of ether oxygens (including phenoxy) is 1. The fourth-order valence-corrected chi connectivity index (χ4v) is 2.13. The molecule has 14 heavy (non-hydrogen) atoms. The van der Waals surface area contributed by atoms with Crippen LogP contribution in [0.5, 0.6) is 0 Å². The molecule has 0 saturated carbocycles. The summed E-state index contributed by atoms with van der Waals surface area (Å²) < 4.78 is 10.5. The van der Waals surface area contributed by atoms with Crippen molar-refractivity contribution in [3.8, 4) is 0 Å². The van der Waals surface area contributed by atoms with E-state index in [0.29, 0.717) is 0 Å². The molecule has 0 amide bonds. The van der Waals surface area contributed by atoms with Crippen molar-refractivity contribution in [2.24, 2.45) is 0 Å². The Labute approximate surface area is 86.3 Å². The summed E-state index contributed by atoms with van der Waals surface area (Å²) in [4.78, 5) is 0. The van der Waals surface area contributed by atoms with Crippen molar-refractivity contribution in [1.82, 2.24) is 0 Å². The summed E-state index contributed by atoms with van der Waals surface area (Å²) in [5.74, 6) is 0. The van der Waals surface area contributed by atoms with Crippen LogP contribution in [-0.4, -0.2) is 52.7 Å². The Kier molecular flexibility index (Phi) is 4.66. The summed E-state index contributed by atoms with van der Waals surface area (Å²) >= 11 is 0. The lowest BCUT2D eigenvalue weighted by atomic mass is 10.0. The van der Waals surface area contributed by atoms with Gasteiger partial charge >= 0.3 is 0 Å². The van der Waals surface area contributed by atoms with Gasteiger partial charge in [-0.15, -0.1) is 0 Å². The van der Waals surface area contributed by atoms with E-state index in [4.69, 9.17) is 9.26 Å². The van der Waals surface area contributed by atoms with Crippen molar-refractivity contribution in [3.63, 3.8) is 0 Å². The van der Waals surface area contributed by atoms with E-state index < -0.39 is 38.5 Å². The number of rotatable bonds is 2. The smallest absolute Gasteiger partial charge is 0.190 e. The third-order valence-electron chi connectivity index (χ3n) is 2.08. The first kappa shape index (κ1) is 12.7. The third kappa shape index (κ3) is 2.83. The Hall–Kier alpha value is 0.660. The number of aliphatic hydroxyl groups is 3. The van der Waals surface area contributed by atoms with Crippen molar-refractivity contribution in [1.29, 1.82) is 0 Å². The highest BCUT2D eigenvalue weighted by Crippen LogP contribution is 2.44. The van der Waals surface area contributed by atoms with Crippen LogP contribution >= 0.6 is 16.8 Å². The first-order valence-electron chi connectivity index (χ1n) is 4.28. The van der Waals surface area contributed by atoms with Gasteiger partial charge < -0.3 is 24.6 Å². The molecule has 1 heterocycles. The minimum atomic E-state index is -1.22. The number of hydrogen-bond donors (Lipinski definition) is 3. The molecule has 84 valence electrons. The van der Waals surface area contributed by atoms with Crippen LogP contribution in [0.1, 0.15) is 6.92 Å². The standard InChI is InChI=1S/C7H16O5P2/c1-3-4(8)5(9)6(10)7(11-3)12-14(2)13/h3-10H,13H2,1-2H3. The van der Waals surface area contributed by atoms with Crippen LogP contribution in [-0.2, 0) is 9.26 Å². The molecule has 0 spiro atoms. The van der Waals surface area contributed by atoms with E-state index in [9.17, 15) is 15.3 Å². The Morgan fingerprint density at radius 1 is 1.21 bits per heavy atom. The van der Waals surface area contributed by atoms with Gasteiger partial charge in [0.1, 0.15) is 18.3 Å². The van der Waals surface area contributed by atoms with E-state index in [1.165, 1.54) is 0 Å². The lowest BCUT2D eigenvalue weighted by Gasteiger charge is -2.39. The van der Waals surface area contributed by atoms with E-state index in [-0.39, 0.29) is 0 Å². The van der Waals surface area contributed by atoms with Gasteiger partial charge in [-0.1, -0.05) is 8.93 Å². The van der Waals surface area contributed by atoms with Gasteiger partial charge in [0.2, 0.25) is 0 Å².